The van der Waals surface area contributed by atoms with E-state index in [0.29, 0.717) is 17.8 Å². The fraction of sp³-hybridized carbons (Fsp3) is 0.200. The van der Waals surface area contributed by atoms with Crippen LogP contribution in [0, 0.1) is 0 Å². The first-order chi connectivity index (χ1) is 12.9. The summed E-state index contributed by atoms with van der Waals surface area (Å²) in [6, 6.07) is 10.1. The molecule has 0 radical (unpaired) electrons. The van der Waals surface area contributed by atoms with Crippen LogP contribution in [0.3, 0.4) is 0 Å². The van der Waals surface area contributed by atoms with Gasteiger partial charge in [0.05, 0.1) is 16.7 Å². The van der Waals surface area contributed by atoms with E-state index in [1.165, 1.54) is 47.4 Å². The SMILES string of the molecule is CCCCN1C(=O)c2ccc(C(=O)Nc3ccc(C(=O)O)cc3)cc2C1=O. The van der Waals surface area contributed by atoms with Gasteiger partial charge in [-0.2, -0.15) is 0 Å². The van der Waals surface area contributed by atoms with E-state index >= 15 is 0 Å². The molecule has 2 aromatic carbocycles. The Kier molecular flexibility index (Phi) is 5.03. The second-order valence-corrected chi connectivity index (χ2v) is 6.21. The summed E-state index contributed by atoms with van der Waals surface area (Å²) in [5, 5.41) is 11.5. The molecule has 2 aromatic rings. The van der Waals surface area contributed by atoms with Gasteiger partial charge in [0.15, 0.2) is 0 Å². The molecule has 0 fully saturated rings. The third-order valence-corrected chi connectivity index (χ3v) is 4.36. The summed E-state index contributed by atoms with van der Waals surface area (Å²) in [6.07, 6.45) is 1.59. The molecule has 0 atom stereocenters. The highest BCUT2D eigenvalue weighted by molar-refractivity contribution is 6.22. The fourth-order valence-corrected chi connectivity index (χ4v) is 2.85. The number of amides is 3. The Hall–Kier alpha value is -3.48. The molecule has 1 aliphatic heterocycles. The lowest BCUT2D eigenvalue weighted by Crippen LogP contribution is -2.30. The van der Waals surface area contributed by atoms with E-state index in [9.17, 15) is 19.2 Å². The van der Waals surface area contributed by atoms with Crippen LogP contribution >= 0.6 is 0 Å². The molecular weight excluding hydrogens is 348 g/mol. The van der Waals surface area contributed by atoms with Gasteiger partial charge in [-0.1, -0.05) is 13.3 Å². The minimum atomic E-state index is -1.05. The van der Waals surface area contributed by atoms with Crippen LogP contribution in [0.15, 0.2) is 42.5 Å². The van der Waals surface area contributed by atoms with Crippen LogP contribution in [0.2, 0.25) is 0 Å². The van der Waals surface area contributed by atoms with Gasteiger partial charge in [0.25, 0.3) is 17.7 Å². The van der Waals surface area contributed by atoms with Crippen molar-refractivity contribution < 1.29 is 24.3 Å². The highest BCUT2D eigenvalue weighted by Crippen LogP contribution is 2.25. The van der Waals surface area contributed by atoms with Gasteiger partial charge in [-0.3, -0.25) is 19.3 Å². The first-order valence-corrected chi connectivity index (χ1v) is 8.57. The number of hydrogen-bond donors (Lipinski definition) is 2. The highest BCUT2D eigenvalue weighted by Gasteiger charge is 2.35. The molecule has 7 nitrogen and oxygen atoms in total. The Balaban J connectivity index is 1.78. The molecule has 1 aliphatic rings. The predicted octanol–water partition coefficient (Wildman–Crippen LogP) is 3.03. The van der Waals surface area contributed by atoms with Crippen molar-refractivity contribution in [1.29, 1.82) is 0 Å². The molecule has 0 saturated carbocycles. The number of imide groups is 1. The second-order valence-electron chi connectivity index (χ2n) is 6.21. The largest absolute Gasteiger partial charge is 0.478 e. The topological polar surface area (TPSA) is 104 Å². The molecule has 1 heterocycles. The minimum Gasteiger partial charge on any atom is -0.478 e. The third-order valence-electron chi connectivity index (χ3n) is 4.36. The molecule has 3 amide bonds. The van der Waals surface area contributed by atoms with E-state index in [4.69, 9.17) is 5.11 Å². The van der Waals surface area contributed by atoms with Crippen molar-refractivity contribution in [2.45, 2.75) is 19.8 Å². The lowest BCUT2D eigenvalue weighted by Gasteiger charge is -2.12. The number of carboxylic acids is 1. The van der Waals surface area contributed by atoms with Gasteiger partial charge in [0, 0.05) is 17.8 Å². The number of carbonyl (C=O) groups excluding carboxylic acids is 3. The van der Waals surface area contributed by atoms with Gasteiger partial charge in [0.2, 0.25) is 0 Å². The van der Waals surface area contributed by atoms with Crippen LogP contribution in [-0.4, -0.2) is 40.2 Å². The van der Waals surface area contributed by atoms with Gasteiger partial charge < -0.3 is 10.4 Å². The van der Waals surface area contributed by atoms with Crippen LogP contribution in [0.5, 0.6) is 0 Å². The van der Waals surface area contributed by atoms with Crippen LogP contribution < -0.4 is 5.32 Å². The van der Waals surface area contributed by atoms with Gasteiger partial charge >= 0.3 is 5.97 Å². The van der Waals surface area contributed by atoms with E-state index in [1.54, 1.807) is 0 Å². The number of rotatable bonds is 6. The van der Waals surface area contributed by atoms with Crippen LogP contribution in [0.1, 0.15) is 61.2 Å². The summed E-state index contributed by atoms with van der Waals surface area (Å²) in [4.78, 5) is 49.3. The van der Waals surface area contributed by atoms with E-state index in [1.807, 2.05) is 6.92 Å². The molecule has 138 valence electrons. The number of nitrogens with one attached hydrogen (secondary N) is 1. The number of unbranched alkanes of at least 4 members (excludes halogenated alkanes) is 1. The van der Waals surface area contributed by atoms with Crippen LogP contribution in [0.25, 0.3) is 0 Å². The molecule has 0 bridgehead atoms. The summed E-state index contributed by atoms with van der Waals surface area (Å²) in [7, 11) is 0. The summed E-state index contributed by atoms with van der Waals surface area (Å²) < 4.78 is 0. The summed E-state index contributed by atoms with van der Waals surface area (Å²) in [6.45, 7) is 2.34. The van der Waals surface area contributed by atoms with Crippen molar-refractivity contribution in [3.63, 3.8) is 0 Å². The predicted molar refractivity (Wildman–Crippen MR) is 98.1 cm³/mol. The standard InChI is InChI=1S/C20H18N2O5/c1-2-3-10-22-18(24)15-9-6-13(11-16(15)19(22)25)17(23)21-14-7-4-12(5-8-14)20(26)27/h4-9,11H,2-3,10H2,1H3,(H,21,23)(H,26,27). The monoisotopic (exact) mass is 366 g/mol. The average molecular weight is 366 g/mol. The average Bonchev–Trinajstić information content (AvgIpc) is 2.90. The Morgan fingerprint density at radius 3 is 2.22 bits per heavy atom. The van der Waals surface area contributed by atoms with Crippen molar-refractivity contribution in [3.8, 4) is 0 Å². The number of carbonyl (C=O) groups is 4. The maximum atomic E-state index is 12.5. The van der Waals surface area contributed by atoms with E-state index < -0.39 is 11.9 Å². The van der Waals surface area contributed by atoms with Crippen LogP contribution in [0.4, 0.5) is 5.69 Å². The second kappa shape index (κ2) is 7.41. The number of hydrogen-bond acceptors (Lipinski definition) is 4. The van der Waals surface area contributed by atoms with Crippen molar-refractivity contribution in [1.82, 2.24) is 4.90 Å². The number of benzene rings is 2. The Labute approximate surface area is 155 Å². The molecule has 2 N–H and O–H groups in total. The lowest BCUT2D eigenvalue weighted by atomic mass is 10.1. The molecule has 0 saturated heterocycles. The Morgan fingerprint density at radius 2 is 1.59 bits per heavy atom. The van der Waals surface area contributed by atoms with E-state index in [2.05, 4.69) is 5.32 Å². The van der Waals surface area contributed by atoms with Gasteiger partial charge in [0.1, 0.15) is 0 Å². The number of fused-ring (bicyclic) bond motifs is 1. The number of nitrogens with zero attached hydrogens (tertiary/aromatic N) is 1. The molecule has 27 heavy (non-hydrogen) atoms. The fourth-order valence-electron chi connectivity index (χ4n) is 2.85. The summed E-state index contributed by atoms with van der Waals surface area (Å²) in [5.41, 5.74) is 1.32. The zero-order valence-corrected chi connectivity index (χ0v) is 14.7. The number of anilines is 1. The van der Waals surface area contributed by atoms with E-state index in [-0.39, 0.29) is 28.5 Å². The first-order valence-electron chi connectivity index (χ1n) is 8.57. The molecule has 3 rings (SSSR count). The van der Waals surface area contributed by atoms with Crippen molar-refractivity contribution in [2.24, 2.45) is 0 Å². The number of carboxylic acid groups (broad SMARTS) is 1. The van der Waals surface area contributed by atoms with Crippen LogP contribution in [-0.2, 0) is 0 Å². The molecule has 0 spiro atoms. The first kappa shape index (κ1) is 18.3. The summed E-state index contributed by atoms with van der Waals surface area (Å²) >= 11 is 0. The zero-order valence-electron chi connectivity index (χ0n) is 14.7. The molecular formula is C20H18N2O5. The Morgan fingerprint density at radius 1 is 0.963 bits per heavy atom. The lowest BCUT2D eigenvalue weighted by molar-refractivity contribution is 0.0648. The van der Waals surface area contributed by atoms with Crippen molar-refractivity contribution >= 4 is 29.4 Å². The summed E-state index contributed by atoms with van der Waals surface area (Å²) in [5.74, 6) is -2.22. The van der Waals surface area contributed by atoms with E-state index in [0.717, 1.165) is 12.8 Å². The van der Waals surface area contributed by atoms with Crippen molar-refractivity contribution in [3.05, 3.63) is 64.7 Å². The third kappa shape index (κ3) is 3.57. The Bertz CT molecular complexity index is 934. The van der Waals surface area contributed by atoms with Gasteiger partial charge in [-0.15, -0.1) is 0 Å². The maximum absolute atomic E-state index is 12.5. The van der Waals surface area contributed by atoms with Gasteiger partial charge in [-0.25, -0.2) is 4.79 Å². The minimum absolute atomic E-state index is 0.113. The molecule has 0 aromatic heterocycles. The smallest absolute Gasteiger partial charge is 0.335 e. The quantitative estimate of drug-likeness (QED) is 0.765. The van der Waals surface area contributed by atoms with Crippen molar-refractivity contribution in [2.75, 3.05) is 11.9 Å². The molecule has 0 aliphatic carbocycles. The molecule has 0 unspecified atom stereocenters. The molecule has 7 heteroatoms. The maximum Gasteiger partial charge on any atom is 0.335 e. The van der Waals surface area contributed by atoms with Gasteiger partial charge in [-0.05, 0) is 48.9 Å². The number of aromatic carboxylic acids is 1. The highest BCUT2D eigenvalue weighted by atomic mass is 16.4. The zero-order chi connectivity index (χ0) is 19.6. The normalized spacial score (nSPS) is 12.9.